The number of rotatable bonds is 6. The topological polar surface area (TPSA) is 56.1 Å². The van der Waals surface area contributed by atoms with Gasteiger partial charge in [0.1, 0.15) is 10.6 Å². The van der Waals surface area contributed by atoms with E-state index in [2.05, 4.69) is 16.9 Å². The Kier molecular flexibility index (Phi) is 5.09. The minimum absolute atomic E-state index is 0.0535. The van der Waals surface area contributed by atoms with Crippen LogP contribution in [0.2, 0.25) is 0 Å². The molecular weight excluding hydrogens is 358 g/mol. The third kappa shape index (κ3) is 3.55. The van der Waals surface area contributed by atoms with Crippen molar-refractivity contribution < 1.29 is 4.74 Å². The average molecular weight is 382 g/mol. The van der Waals surface area contributed by atoms with E-state index in [-0.39, 0.29) is 5.56 Å². The highest BCUT2D eigenvalue weighted by Gasteiger charge is 2.24. The number of aromatic nitrogens is 2. The van der Waals surface area contributed by atoms with Crippen LogP contribution in [0.3, 0.4) is 0 Å². The van der Waals surface area contributed by atoms with Crippen molar-refractivity contribution >= 4 is 21.6 Å². The molecule has 0 bridgehead atoms. The minimum atomic E-state index is 0.0535. The maximum atomic E-state index is 13.1. The van der Waals surface area contributed by atoms with Crippen molar-refractivity contribution in [2.75, 3.05) is 13.7 Å². The van der Waals surface area contributed by atoms with Gasteiger partial charge in [0.25, 0.3) is 5.56 Å². The Morgan fingerprint density at radius 2 is 2.37 bits per heavy atom. The number of hydrogen-bond donors (Lipinski definition) is 1. The van der Waals surface area contributed by atoms with Crippen LogP contribution in [-0.2, 0) is 19.4 Å². The predicted molar refractivity (Wildman–Crippen MR) is 110 cm³/mol. The normalized spacial score (nSPS) is 16.3. The second kappa shape index (κ2) is 7.66. The zero-order chi connectivity index (χ0) is 18.8. The molecule has 0 spiro atoms. The lowest BCUT2D eigenvalue weighted by molar-refractivity contribution is 0.414. The molecule has 1 N–H and O–H groups in total. The lowest BCUT2D eigenvalue weighted by atomic mass is 9.93. The largest absolute Gasteiger partial charge is 0.497 e. The number of methoxy groups -OCH3 is 1. The number of thiophene rings is 1. The van der Waals surface area contributed by atoms with Crippen LogP contribution in [0.5, 0.6) is 5.75 Å². The maximum absolute atomic E-state index is 13.1. The van der Waals surface area contributed by atoms with Gasteiger partial charge < -0.3 is 10.1 Å². The summed E-state index contributed by atoms with van der Waals surface area (Å²) in [6, 6.07) is 8.24. The highest BCUT2D eigenvalue weighted by atomic mass is 32.1. The molecule has 0 aliphatic heterocycles. The number of hydrogen-bond acceptors (Lipinski definition) is 5. The third-order valence-corrected chi connectivity index (χ3v) is 6.24. The Morgan fingerprint density at radius 1 is 1.48 bits per heavy atom. The second-order valence-electron chi connectivity index (χ2n) is 6.85. The van der Waals surface area contributed by atoms with Crippen LogP contribution in [0.4, 0.5) is 0 Å². The Hall–Kier alpha value is -2.44. The van der Waals surface area contributed by atoms with Gasteiger partial charge in [-0.05, 0) is 42.5 Å². The molecule has 0 amide bonds. The lowest BCUT2D eigenvalue weighted by Crippen LogP contribution is -2.34. The number of aryl methyl sites for hydroxylation is 1. The number of fused-ring (bicyclic) bond motifs is 3. The number of ether oxygens (including phenoxy) is 1. The predicted octanol–water partition coefficient (Wildman–Crippen LogP) is 3.15. The Labute approximate surface area is 162 Å². The van der Waals surface area contributed by atoms with Crippen molar-refractivity contribution in [1.82, 2.24) is 14.9 Å². The van der Waals surface area contributed by atoms with Crippen LogP contribution in [0.25, 0.3) is 10.2 Å². The van der Waals surface area contributed by atoms with Gasteiger partial charge in [0.15, 0.2) is 0 Å². The van der Waals surface area contributed by atoms with Gasteiger partial charge in [0, 0.05) is 17.5 Å². The zero-order valence-electron chi connectivity index (χ0n) is 15.4. The Balaban J connectivity index is 1.66. The fraction of sp³-hybridized carbons (Fsp3) is 0.333. The first-order valence-electron chi connectivity index (χ1n) is 9.16. The van der Waals surface area contributed by atoms with Crippen LogP contribution in [0.1, 0.15) is 22.4 Å². The van der Waals surface area contributed by atoms with Crippen LogP contribution in [-0.4, -0.2) is 29.2 Å². The van der Waals surface area contributed by atoms with Gasteiger partial charge in [0.05, 0.1) is 25.4 Å². The fourth-order valence-corrected chi connectivity index (χ4v) is 4.96. The summed E-state index contributed by atoms with van der Waals surface area (Å²) in [6.07, 6.45) is 6.47. The van der Waals surface area contributed by atoms with E-state index >= 15 is 0 Å². The van der Waals surface area contributed by atoms with Gasteiger partial charge >= 0.3 is 0 Å². The summed E-state index contributed by atoms with van der Waals surface area (Å²) in [5, 5.41) is 4.31. The quantitative estimate of drug-likeness (QED) is 0.667. The molecule has 1 aromatic carbocycles. The highest BCUT2D eigenvalue weighted by Crippen LogP contribution is 2.33. The van der Waals surface area contributed by atoms with E-state index in [0.29, 0.717) is 12.6 Å². The van der Waals surface area contributed by atoms with Crippen molar-refractivity contribution in [2.45, 2.75) is 31.8 Å². The summed E-state index contributed by atoms with van der Waals surface area (Å²) in [7, 11) is 1.65. The Bertz CT molecular complexity index is 1040. The summed E-state index contributed by atoms with van der Waals surface area (Å²) in [5.74, 6) is 0.792. The van der Waals surface area contributed by atoms with E-state index in [9.17, 15) is 4.79 Å². The van der Waals surface area contributed by atoms with E-state index in [1.165, 1.54) is 10.4 Å². The first kappa shape index (κ1) is 17.9. The standard InChI is InChI=1S/C21H23N3O2S/c1-3-9-22-15-7-8-17-18(11-15)27-20-19(17)21(25)24(13-23-20)12-14-5-4-6-16(10-14)26-2/h3-6,10,13,15,22H,1,7-9,11-12H2,2H3. The van der Waals surface area contributed by atoms with Crippen LogP contribution in [0, 0.1) is 0 Å². The first-order chi connectivity index (χ1) is 13.2. The molecule has 1 unspecified atom stereocenters. The number of benzene rings is 1. The van der Waals surface area contributed by atoms with E-state index < -0.39 is 0 Å². The van der Waals surface area contributed by atoms with Gasteiger partial charge in [-0.15, -0.1) is 17.9 Å². The molecular formula is C21H23N3O2S. The smallest absolute Gasteiger partial charge is 0.262 e. The van der Waals surface area contributed by atoms with Crippen LogP contribution < -0.4 is 15.6 Å². The minimum Gasteiger partial charge on any atom is -0.497 e. The summed E-state index contributed by atoms with van der Waals surface area (Å²) in [6.45, 7) is 5.08. The first-order valence-corrected chi connectivity index (χ1v) is 9.98. The molecule has 0 saturated carbocycles. The van der Waals surface area contributed by atoms with Crippen LogP contribution in [0.15, 0.2) is 48.0 Å². The maximum Gasteiger partial charge on any atom is 0.262 e. The van der Waals surface area contributed by atoms with Gasteiger partial charge in [-0.25, -0.2) is 4.98 Å². The monoisotopic (exact) mass is 381 g/mol. The van der Waals surface area contributed by atoms with Crippen LogP contribution >= 0.6 is 11.3 Å². The van der Waals surface area contributed by atoms with E-state index in [4.69, 9.17) is 4.74 Å². The molecule has 1 atom stereocenters. The van der Waals surface area contributed by atoms with Gasteiger partial charge in [-0.1, -0.05) is 18.2 Å². The van der Waals surface area contributed by atoms with Crippen molar-refractivity contribution in [3.8, 4) is 5.75 Å². The summed E-state index contributed by atoms with van der Waals surface area (Å²) in [5.41, 5.74) is 2.28. The fourth-order valence-electron chi connectivity index (χ4n) is 3.71. The molecule has 5 nitrogen and oxygen atoms in total. The molecule has 6 heteroatoms. The van der Waals surface area contributed by atoms with E-state index in [1.54, 1.807) is 29.3 Å². The molecule has 1 aliphatic carbocycles. The summed E-state index contributed by atoms with van der Waals surface area (Å²) < 4.78 is 6.98. The number of nitrogens with zero attached hydrogens (tertiary/aromatic N) is 2. The van der Waals surface area contributed by atoms with Gasteiger partial charge in [-0.3, -0.25) is 9.36 Å². The molecule has 0 saturated heterocycles. The van der Waals surface area contributed by atoms with Gasteiger partial charge in [0.2, 0.25) is 0 Å². The van der Waals surface area contributed by atoms with Gasteiger partial charge in [-0.2, -0.15) is 0 Å². The van der Waals surface area contributed by atoms with Crippen molar-refractivity contribution in [3.63, 3.8) is 0 Å². The molecule has 3 aromatic rings. The van der Waals surface area contributed by atoms with E-state index in [0.717, 1.165) is 47.3 Å². The summed E-state index contributed by atoms with van der Waals surface area (Å²) >= 11 is 1.66. The molecule has 4 rings (SSSR count). The molecule has 2 aromatic heterocycles. The Morgan fingerprint density at radius 3 is 3.19 bits per heavy atom. The molecule has 140 valence electrons. The number of nitrogens with one attached hydrogen (secondary N) is 1. The molecule has 0 radical (unpaired) electrons. The van der Waals surface area contributed by atoms with Crippen molar-refractivity contribution in [2.24, 2.45) is 0 Å². The zero-order valence-corrected chi connectivity index (χ0v) is 16.2. The lowest BCUT2D eigenvalue weighted by Gasteiger charge is -2.22. The third-order valence-electron chi connectivity index (χ3n) is 5.07. The molecule has 1 aliphatic rings. The summed E-state index contributed by atoms with van der Waals surface area (Å²) in [4.78, 5) is 19.9. The molecule has 2 heterocycles. The average Bonchev–Trinajstić information content (AvgIpc) is 3.07. The van der Waals surface area contributed by atoms with Crippen molar-refractivity contribution in [3.05, 3.63) is 69.6 Å². The highest BCUT2D eigenvalue weighted by molar-refractivity contribution is 7.18. The molecule has 27 heavy (non-hydrogen) atoms. The SMILES string of the molecule is C=CCNC1CCc2c(sc3ncn(Cc4cccc(OC)c4)c(=O)c23)C1. The van der Waals surface area contributed by atoms with E-state index in [1.807, 2.05) is 30.3 Å². The van der Waals surface area contributed by atoms with Crippen molar-refractivity contribution in [1.29, 1.82) is 0 Å². The second-order valence-corrected chi connectivity index (χ2v) is 7.93. The molecule has 0 fully saturated rings.